The number of fused-ring (bicyclic) bond motifs is 6. The lowest BCUT2D eigenvalue weighted by atomic mass is 9.80. The molecule has 0 saturated heterocycles. The first kappa shape index (κ1) is 31.2. The second-order valence-corrected chi connectivity index (χ2v) is 14.8. The van der Waals surface area contributed by atoms with Crippen LogP contribution >= 0.6 is 70.5 Å². The van der Waals surface area contributed by atoms with Crippen molar-refractivity contribution in [2.45, 2.75) is 0 Å². The Balaban J connectivity index is 0.000000128. The van der Waals surface area contributed by atoms with Crippen molar-refractivity contribution in [2.24, 2.45) is 0 Å². The minimum atomic E-state index is -1.41. The summed E-state index contributed by atoms with van der Waals surface area (Å²) in [6.45, 7) is 0. The molecule has 2 nitrogen and oxygen atoms in total. The summed E-state index contributed by atoms with van der Waals surface area (Å²) in [5.41, 5.74) is 3.15. The summed E-state index contributed by atoms with van der Waals surface area (Å²) in [5, 5.41) is 23.6. The molecule has 216 valence electrons. The summed E-state index contributed by atoms with van der Waals surface area (Å²) < 4.78 is 8.17. The summed E-state index contributed by atoms with van der Waals surface area (Å²) in [7, 11) is -1.41. The lowest BCUT2D eigenvalue weighted by Crippen LogP contribution is -2.29. The Kier molecular flexibility index (Phi) is 9.98. The topological polar surface area (TPSA) is 40.5 Å². The summed E-state index contributed by atoms with van der Waals surface area (Å²) in [5.74, 6) is 0. The van der Waals surface area contributed by atoms with Crippen molar-refractivity contribution in [3.05, 3.63) is 147 Å². The van der Waals surface area contributed by atoms with Gasteiger partial charge in [-0.1, -0.05) is 139 Å². The van der Waals surface area contributed by atoms with Gasteiger partial charge in [0, 0.05) is 48.4 Å². The van der Waals surface area contributed by atoms with Crippen molar-refractivity contribution in [1.82, 2.24) is 0 Å². The van der Waals surface area contributed by atoms with Crippen molar-refractivity contribution in [1.29, 1.82) is 0 Å². The zero-order valence-electron chi connectivity index (χ0n) is 23.1. The molecular weight excluding hydrogens is 779 g/mol. The minimum absolute atomic E-state index is 0.582. The molecule has 0 radical (unpaired) electrons. The Bertz CT molecular complexity index is 2210. The van der Waals surface area contributed by atoms with Crippen LogP contribution in [0.15, 0.2) is 147 Å². The summed E-state index contributed by atoms with van der Waals surface area (Å²) in [6, 6.07) is 45.4. The van der Waals surface area contributed by atoms with Gasteiger partial charge in [0.05, 0.1) is 0 Å². The second-order valence-electron chi connectivity index (χ2n) is 9.93. The quantitative estimate of drug-likeness (QED) is 0.171. The van der Waals surface area contributed by atoms with Gasteiger partial charge in [0.1, 0.15) is 0 Å². The van der Waals surface area contributed by atoms with Crippen LogP contribution in [0.5, 0.6) is 0 Å². The normalized spacial score (nSPS) is 10.8. The average molecular weight is 803 g/mol. The third kappa shape index (κ3) is 6.87. The molecule has 2 N–H and O–H groups in total. The molecule has 0 unspecified atom stereocenters. The molecule has 0 aliphatic rings. The van der Waals surface area contributed by atoms with E-state index in [9.17, 15) is 10.0 Å². The van der Waals surface area contributed by atoms with Gasteiger partial charge in [-0.3, -0.25) is 0 Å². The van der Waals surface area contributed by atoms with E-state index in [1.165, 1.54) is 41.4 Å². The Morgan fingerprint density at radius 2 is 0.932 bits per heavy atom. The van der Waals surface area contributed by atoms with Crippen molar-refractivity contribution < 1.29 is 10.0 Å². The summed E-state index contributed by atoms with van der Waals surface area (Å²) in [6.07, 6.45) is 0. The zero-order chi connectivity index (χ0) is 30.6. The molecule has 6 aromatic carbocycles. The Labute approximate surface area is 289 Å². The standard InChI is InChI=1S/C18H11BrS.C12H9BO2S.C6H4Br2/c19-13-6-3-5-12(11-13)14-8-4-9-16-15-7-1-2-10-17(15)20-18(14)16;14-13(15)10-6-3-5-9-8-4-1-2-7-11(8)16-12(9)10;7-5-2-1-3-6(8)4-5/h1-11H;1-7,14-15H;1-4H. The molecule has 0 saturated carbocycles. The van der Waals surface area contributed by atoms with E-state index in [0.717, 1.165) is 23.5 Å². The number of hydrogen-bond donors (Lipinski definition) is 2. The van der Waals surface area contributed by atoms with Gasteiger partial charge in [0.15, 0.2) is 0 Å². The maximum absolute atomic E-state index is 9.31. The smallest absolute Gasteiger partial charge is 0.423 e. The summed E-state index contributed by atoms with van der Waals surface area (Å²) >= 11 is 13.7. The molecule has 0 aliphatic heterocycles. The van der Waals surface area contributed by atoms with Crippen LogP contribution in [-0.4, -0.2) is 17.2 Å². The molecule has 8 heteroatoms. The number of rotatable bonds is 2. The lowest BCUT2D eigenvalue weighted by molar-refractivity contribution is 0.426. The molecule has 8 rings (SSSR count). The molecule has 0 spiro atoms. The van der Waals surface area contributed by atoms with Gasteiger partial charge in [-0.15, -0.1) is 22.7 Å². The van der Waals surface area contributed by atoms with Crippen LogP contribution in [0.2, 0.25) is 0 Å². The molecular formula is C36H24BBr3O2S2. The molecule has 44 heavy (non-hydrogen) atoms. The predicted octanol–water partition coefficient (Wildman–Crippen LogP) is 11.4. The fraction of sp³-hybridized carbons (Fsp3) is 0. The van der Waals surface area contributed by atoms with E-state index in [-0.39, 0.29) is 0 Å². The molecule has 2 heterocycles. The van der Waals surface area contributed by atoms with Crippen LogP contribution in [0, 0.1) is 0 Å². The molecule has 2 aromatic heterocycles. The van der Waals surface area contributed by atoms with Gasteiger partial charge in [-0.05, 0) is 64.4 Å². The zero-order valence-corrected chi connectivity index (χ0v) is 29.5. The van der Waals surface area contributed by atoms with Crippen molar-refractivity contribution in [3.8, 4) is 11.1 Å². The molecule has 0 bridgehead atoms. The number of benzene rings is 6. The third-order valence-electron chi connectivity index (χ3n) is 7.04. The molecule has 0 fully saturated rings. The van der Waals surface area contributed by atoms with Crippen LogP contribution in [0.25, 0.3) is 51.5 Å². The first-order valence-corrected chi connectivity index (χ1v) is 17.7. The number of hydrogen-bond acceptors (Lipinski definition) is 4. The lowest BCUT2D eigenvalue weighted by Gasteiger charge is -2.04. The maximum atomic E-state index is 9.31. The molecule has 0 atom stereocenters. The van der Waals surface area contributed by atoms with E-state index < -0.39 is 7.12 Å². The van der Waals surface area contributed by atoms with Gasteiger partial charge in [-0.25, -0.2) is 0 Å². The SMILES string of the molecule is Brc1cccc(-c2cccc3c2sc2ccccc23)c1.Brc1cccc(Br)c1.OB(O)c1cccc2c1sc1ccccc12. The van der Waals surface area contributed by atoms with Crippen LogP contribution in [0.3, 0.4) is 0 Å². The van der Waals surface area contributed by atoms with E-state index in [1.54, 1.807) is 17.4 Å². The van der Waals surface area contributed by atoms with Crippen molar-refractivity contribution in [2.75, 3.05) is 0 Å². The summed E-state index contributed by atoms with van der Waals surface area (Å²) in [4.78, 5) is 0. The van der Waals surface area contributed by atoms with E-state index in [1.807, 2.05) is 65.9 Å². The van der Waals surface area contributed by atoms with Crippen LogP contribution in [0.1, 0.15) is 0 Å². The monoisotopic (exact) mass is 800 g/mol. The fourth-order valence-electron chi connectivity index (χ4n) is 5.06. The maximum Gasteiger partial charge on any atom is 0.489 e. The van der Waals surface area contributed by atoms with Crippen molar-refractivity contribution in [3.63, 3.8) is 0 Å². The fourth-order valence-corrected chi connectivity index (χ4v) is 9.04. The number of halogens is 3. The Morgan fingerprint density at radius 3 is 1.50 bits per heavy atom. The molecule has 0 amide bonds. The highest BCUT2D eigenvalue weighted by molar-refractivity contribution is 9.11. The van der Waals surface area contributed by atoms with Gasteiger partial charge >= 0.3 is 7.12 Å². The molecule has 0 aliphatic carbocycles. The van der Waals surface area contributed by atoms with Crippen LogP contribution < -0.4 is 5.46 Å². The minimum Gasteiger partial charge on any atom is -0.423 e. The third-order valence-corrected chi connectivity index (χ3v) is 11.0. The van der Waals surface area contributed by atoms with Gasteiger partial charge in [0.25, 0.3) is 0 Å². The van der Waals surface area contributed by atoms with Gasteiger partial charge < -0.3 is 10.0 Å². The van der Waals surface area contributed by atoms with Crippen molar-refractivity contribution >= 4 is 123 Å². The molecule has 8 aromatic rings. The highest BCUT2D eigenvalue weighted by Gasteiger charge is 2.17. The first-order valence-electron chi connectivity index (χ1n) is 13.7. The van der Waals surface area contributed by atoms with E-state index in [2.05, 4.69) is 121 Å². The first-order chi connectivity index (χ1) is 21.4. The van der Waals surface area contributed by atoms with Gasteiger partial charge in [0.2, 0.25) is 0 Å². The van der Waals surface area contributed by atoms with Crippen LogP contribution in [0.4, 0.5) is 0 Å². The highest BCUT2D eigenvalue weighted by atomic mass is 79.9. The Hall–Kier alpha value is -2.82. The van der Waals surface area contributed by atoms with Crippen LogP contribution in [-0.2, 0) is 0 Å². The van der Waals surface area contributed by atoms with Gasteiger partial charge in [-0.2, -0.15) is 0 Å². The van der Waals surface area contributed by atoms with E-state index in [4.69, 9.17) is 0 Å². The van der Waals surface area contributed by atoms with E-state index in [0.29, 0.717) is 5.46 Å². The second kappa shape index (κ2) is 14.1. The predicted molar refractivity (Wildman–Crippen MR) is 203 cm³/mol. The van der Waals surface area contributed by atoms with E-state index >= 15 is 0 Å². The Morgan fingerprint density at radius 1 is 0.455 bits per heavy atom. The highest BCUT2D eigenvalue weighted by Crippen LogP contribution is 2.40. The average Bonchev–Trinajstić information content (AvgIpc) is 3.60. The number of thiophene rings is 2. The largest absolute Gasteiger partial charge is 0.489 e.